The van der Waals surface area contributed by atoms with Gasteiger partial charge in [0.1, 0.15) is 10.8 Å². The van der Waals surface area contributed by atoms with Gasteiger partial charge in [0.15, 0.2) is 11.5 Å². The van der Waals surface area contributed by atoms with E-state index in [0.29, 0.717) is 21.5 Å². The molecule has 0 aliphatic carbocycles. The van der Waals surface area contributed by atoms with Crippen molar-refractivity contribution in [1.82, 2.24) is 20.0 Å². The monoisotopic (exact) mass is 383 g/mol. The predicted octanol–water partition coefficient (Wildman–Crippen LogP) is 4.30. The van der Waals surface area contributed by atoms with Crippen LogP contribution in [0.5, 0.6) is 5.75 Å². The standard InChI is InChI=1S/C18H14ClN5OS/c1-25-14-7-5-11(6-8-14)15-10-26-18(21-15)16-17(20)24(23-22-16)13-4-2-3-12(19)9-13/h2-10H,20H2,1H3. The number of hydrogen-bond donors (Lipinski definition) is 1. The lowest BCUT2D eigenvalue weighted by atomic mass is 10.2. The molecule has 2 N–H and O–H groups in total. The normalized spacial score (nSPS) is 10.8. The van der Waals surface area contributed by atoms with E-state index in [-0.39, 0.29) is 0 Å². The zero-order chi connectivity index (χ0) is 18.1. The second kappa shape index (κ2) is 6.78. The van der Waals surface area contributed by atoms with Crippen LogP contribution in [0.2, 0.25) is 5.02 Å². The molecular formula is C18H14ClN5OS. The number of anilines is 1. The molecule has 0 atom stereocenters. The number of ether oxygens (including phenoxy) is 1. The first kappa shape index (κ1) is 16.6. The van der Waals surface area contributed by atoms with Crippen LogP contribution in [0.1, 0.15) is 0 Å². The first-order chi connectivity index (χ1) is 12.7. The van der Waals surface area contributed by atoms with E-state index >= 15 is 0 Å². The topological polar surface area (TPSA) is 78.9 Å². The van der Waals surface area contributed by atoms with Gasteiger partial charge in [0.25, 0.3) is 0 Å². The van der Waals surface area contributed by atoms with E-state index in [1.165, 1.54) is 11.3 Å². The number of methoxy groups -OCH3 is 1. The van der Waals surface area contributed by atoms with Crippen molar-refractivity contribution in [2.45, 2.75) is 0 Å². The van der Waals surface area contributed by atoms with Gasteiger partial charge in [-0.15, -0.1) is 16.4 Å². The van der Waals surface area contributed by atoms with Gasteiger partial charge in [0, 0.05) is 16.0 Å². The number of aromatic nitrogens is 4. The summed E-state index contributed by atoms with van der Waals surface area (Å²) < 4.78 is 6.73. The molecule has 8 heteroatoms. The van der Waals surface area contributed by atoms with Crippen molar-refractivity contribution in [1.29, 1.82) is 0 Å². The summed E-state index contributed by atoms with van der Waals surface area (Å²) >= 11 is 7.51. The fourth-order valence-corrected chi connectivity index (χ4v) is 3.52. The summed E-state index contributed by atoms with van der Waals surface area (Å²) in [6.45, 7) is 0. The van der Waals surface area contributed by atoms with E-state index < -0.39 is 0 Å². The third-order valence-corrected chi connectivity index (χ3v) is 4.93. The van der Waals surface area contributed by atoms with Gasteiger partial charge >= 0.3 is 0 Å². The highest BCUT2D eigenvalue weighted by atomic mass is 35.5. The molecule has 6 nitrogen and oxygen atoms in total. The summed E-state index contributed by atoms with van der Waals surface area (Å²) in [6, 6.07) is 15.0. The molecule has 0 amide bonds. The highest BCUT2D eigenvalue weighted by Crippen LogP contribution is 2.32. The minimum Gasteiger partial charge on any atom is -0.497 e. The molecule has 4 rings (SSSR count). The quantitative estimate of drug-likeness (QED) is 0.568. The zero-order valence-electron chi connectivity index (χ0n) is 13.8. The summed E-state index contributed by atoms with van der Waals surface area (Å²) in [4.78, 5) is 4.65. The maximum atomic E-state index is 6.25. The van der Waals surface area contributed by atoms with E-state index in [0.717, 1.165) is 22.7 Å². The van der Waals surface area contributed by atoms with Crippen molar-refractivity contribution in [2.24, 2.45) is 0 Å². The van der Waals surface area contributed by atoms with Crippen molar-refractivity contribution in [3.05, 3.63) is 58.9 Å². The Balaban J connectivity index is 1.68. The second-order valence-electron chi connectivity index (χ2n) is 5.48. The molecular weight excluding hydrogens is 370 g/mol. The minimum atomic E-state index is 0.419. The average Bonchev–Trinajstić information content (AvgIpc) is 3.28. The third-order valence-electron chi connectivity index (χ3n) is 3.85. The van der Waals surface area contributed by atoms with Crippen molar-refractivity contribution in [3.8, 4) is 33.4 Å². The van der Waals surface area contributed by atoms with E-state index in [9.17, 15) is 0 Å². The van der Waals surface area contributed by atoms with Crippen LogP contribution in [-0.4, -0.2) is 27.1 Å². The van der Waals surface area contributed by atoms with Gasteiger partial charge in [-0.25, -0.2) is 4.98 Å². The number of hydrogen-bond acceptors (Lipinski definition) is 6. The first-order valence-electron chi connectivity index (χ1n) is 7.73. The van der Waals surface area contributed by atoms with Gasteiger partial charge in [0.2, 0.25) is 0 Å². The molecule has 0 bridgehead atoms. The Morgan fingerprint density at radius 1 is 1.15 bits per heavy atom. The summed E-state index contributed by atoms with van der Waals surface area (Å²) in [6.07, 6.45) is 0. The Kier molecular flexibility index (Phi) is 4.32. The van der Waals surface area contributed by atoms with Crippen LogP contribution in [0.4, 0.5) is 5.82 Å². The van der Waals surface area contributed by atoms with E-state index in [2.05, 4.69) is 15.3 Å². The number of nitrogen functional groups attached to an aromatic ring is 1. The molecule has 26 heavy (non-hydrogen) atoms. The maximum absolute atomic E-state index is 6.25. The van der Waals surface area contributed by atoms with Gasteiger partial charge in [-0.3, -0.25) is 0 Å². The van der Waals surface area contributed by atoms with Gasteiger partial charge in [0.05, 0.1) is 18.5 Å². The smallest absolute Gasteiger partial charge is 0.165 e. The number of rotatable bonds is 4. The SMILES string of the molecule is COc1ccc(-c2csc(-c3nnn(-c4cccc(Cl)c4)c3N)n2)cc1. The van der Waals surface area contributed by atoms with E-state index in [4.69, 9.17) is 22.1 Å². The molecule has 0 fully saturated rings. The minimum absolute atomic E-state index is 0.419. The maximum Gasteiger partial charge on any atom is 0.165 e. The molecule has 0 saturated carbocycles. The van der Waals surface area contributed by atoms with Crippen molar-refractivity contribution < 1.29 is 4.74 Å². The highest BCUT2D eigenvalue weighted by Gasteiger charge is 2.17. The fraction of sp³-hybridized carbons (Fsp3) is 0.0556. The Morgan fingerprint density at radius 3 is 2.69 bits per heavy atom. The molecule has 0 radical (unpaired) electrons. The molecule has 4 aromatic rings. The van der Waals surface area contributed by atoms with Gasteiger partial charge < -0.3 is 10.5 Å². The Morgan fingerprint density at radius 2 is 1.96 bits per heavy atom. The van der Waals surface area contributed by atoms with Crippen LogP contribution in [0.3, 0.4) is 0 Å². The largest absolute Gasteiger partial charge is 0.497 e. The molecule has 2 aromatic heterocycles. The van der Waals surface area contributed by atoms with Crippen LogP contribution < -0.4 is 10.5 Å². The van der Waals surface area contributed by atoms with Crippen LogP contribution >= 0.6 is 22.9 Å². The second-order valence-corrected chi connectivity index (χ2v) is 6.78. The number of thiazole rings is 1. The van der Waals surface area contributed by atoms with Gasteiger partial charge in [-0.1, -0.05) is 22.9 Å². The van der Waals surface area contributed by atoms with Gasteiger partial charge in [-0.05, 0) is 42.5 Å². The molecule has 130 valence electrons. The summed E-state index contributed by atoms with van der Waals surface area (Å²) in [5.74, 6) is 1.22. The van der Waals surface area contributed by atoms with Crippen LogP contribution in [-0.2, 0) is 0 Å². The molecule has 0 spiro atoms. The van der Waals surface area contributed by atoms with Crippen molar-refractivity contribution in [2.75, 3.05) is 12.8 Å². The van der Waals surface area contributed by atoms with Crippen molar-refractivity contribution >= 4 is 28.8 Å². The number of nitrogens with zero attached hydrogens (tertiary/aromatic N) is 4. The summed E-state index contributed by atoms with van der Waals surface area (Å²) in [5.41, 5.74) is 9.40. The Labute approximate surface area is 158 Å². The van der Waals surface area contributed by atoms with Gasteiger partial charge in [-0.2, -0.15) is 4.68 Å². The average molecular weight is 384 g/mol. The number of benzene rings is 2. The lowest BCUT2D eigenvalue weighted by Gasteiger charge is -2.03. The fourth-order valence-electron chi connectivity index (χ4n) is 2.52. The first-order valence-corrected chi connectivity index (χ1v) is 8.99. The van der Waals surface area contributed by atoms with Crippen LogP contribution in [0.25, 0.3) is 27.6 Å². The third kappa shape index (κ3) is 3.02. The molecule has 2 heterocycles. The number of halogens is 1. The Bertz CT molecular complexity index is 1060. The molecule has 0 unspecified atom stereocenters. The highest BCUT2D eigenvalue weighted by molar-refractivity contribution is 7.13. The van der Waals surface area contributed by atoms with E-state index in [1.54, 1.807) is 23.9 Å². The van der Waals surface area contributed by atoms with E-state index in [1.807, 2.05) is 41.8 Å². The lowest BCUT2D eigenvalue weighted by molar-refractivity contribution is 0.415. The molecule has 0 aliphatic rings. The van der Waals surface area contributed by atoms with Crippen LogP contribution in [0.15, 0.2) is 53.9 Å². The summed E-state index contributed by atoms with van der Waals surface area (Å²) in [7, 11) is 1.64. The molecule has 2 aromatic carbocycles. The molecule has 0 saturated heterocycles. The zero-order valence-corrected chi connectivity index (χ0v) is 15.3. The van der Waals surface area contributed by atoms with Crippen molar-refractivity contribution in [3.63, 3.8) is 0 Å². The Hall–Kier alpha value is -2.90. The van der Waals surface area contributed by atoms with Crippen LogP contribution in [0, 0.1) is 0 Å². The summed E-state index contributed by atoms with van der Waals surface area (Å²) in [5, 5.41) is 11.6. The predicted molar refractivity (Wildman–Crippen MR) is 104 cm³/mol. The lowest BCUT2D eigenvalue weighted by Crippen LogP contribution is -2.02. The molecule has 0 aliphatic heterocycles. The number of nitrogens with two attached hydrogens (primary N) is 1.